The number of halogens is 3. The van der Waals surface area contributed by atoms with E-state index in [1.54, 1.807) is 18.2 Å². The second-order valence-electron chi connectivity index (χ2n) is 7.04. The van der Waals surface area contributed by atoms with Crippen LogP contribution in [-0.4, -0.2) is 36.8 Å². The highest BCUT2D eigenvalue weighted by molar-refractivity contribution is 5.94. The molecule has 148 valence electrons. The molecule has 1 aromatic heterocycles. The van der Waals surface area contributed by atoms with Gasteiger partial charge >= 0.3 is 6.18 Å². The van der Waals surface area contributed by atoms with Crippen LogP contribution in [0.15, 0.2) is 42.6 Å². The van der Waals surface area contributed by atoms with Crippen LogP contribution < -0.4 is 5.32 Å². The fourth-order valence-electron chi connectivity index (χ4n) is 3.72. The standard InChI is InChI=1S/C20H19F3N2O3/c21-20(22,23)15-3-1-2-12(8-15)13-4-5-17(24-9-13)25-19(26)18-16-6-7-27-10-14(16)11-28-18/h1-5,8-9,14,16,18H,6-7,10-11H2,(H,24,25,26). The van der Waals surface area contributed by atoms with Crippen molar-refractivity contribution >= 4 is 11.7 Å². The van der Waals surface area contributed by atoms with Crippen molar-refractivity contribution in [2.45, 2.75) is 18.7 Å². The number of pyridine rings is 1. The second-order valence-corrected chi connectivity index (χ2v) is 7.04. The summed E-state index contributed by atoms with van der Waals surface area (Å²) in [5.41, 5.74) is 0.224. The van der Waals surface area contributed by atoms with Gasteiger partial charge in [-0.15, -0.1) is 0 Å². The van der Waals surface area contributed by atoms with Crippen molar-refractivity contribution < 1.29 is 27.4 Å². The van der Waals surface area contributed by atoms with Gasteiger partial charge in [-0.3, -0.25) is 4.79 Å². The molecule has 0 radical (unpaired) electrons. The fourth-order valence-corrected chi connectivity index (χ4v) is 3.72. The smallest absolute Gasteiger partial charge is 0.381 e. The van der Waals surface area contributed by atoms with Crippen molar-refractivity contribution in [1.29, 1.82) is 0 Å². The Morgan fingerprint density at radius 3 is 2.75 bits per heavy atom. The maximum absolute atomic E-state index is 12.9. The molecular formula is C20H19F3N2O3. The molecule has 28 heavy (non-hydrogen) atoms. The molecule has 0 aliphatic carbocycles. The first-order valence-corrected chi connectivity index (χ1v) is 9.06. The Bertz CT molecular complexity index is 855. The van der Waals surface area contributed by atoms with E-state index in [1.165, 1.54) is 12.3 Å². The quantitative estimate of drug-likeness (QED) is 0.864. The number of hydrogen-bond donors (Lipinski definition) is 1. The van der Waals surface area contributed by atoms with E-state index in [0.29, 0.717) is 36.8 Å². The molecule has 1 aromatic carbocycles. The molecule has 0 bridgehead atoms. The third-order valence-electron chi connectivity index (χ3n) is 5.21. The third kappa shape index (κ3) is 3.88. The lowest BCUT2D eigenvalue weighted by Gasteiger charge is -2.26. The van der Waals surface area contributed by atoms with Crippen LogP contribution in [0.1, 0.15) is 12.0 Å². The van der Waals surface area contributed by atoms with E-state index in [1.807, 2.05) is 0 Å². The Hall–Kier alpha value is -2.45. The number of ether oxygens (including phenoxy) is 2. The molecule has 1 N–H and O–H groups in total. The Kier molecular flexibility index (Phi) is 5.07. The third-order valence-corrected chi connectivity index (χ3v) is 5.21. The fraction of sp³-hybridized carbons (Fsp3) is 0.400. The van der Waals surface area contributed by atoms with Crippen LogP contribution in [0.3, 0.4) is 0 Å². The highest BCUT2D eigenvalue weighted by atomic mass is 19.4. The molecule has 2 aromatic rings. The van der Waals surface area contributed by atoms with Gasteiger partial charge in [-0.2, -0.15) is 13.2 Å². The maximum atomic E-state index is 12.9. The number of carbonyl (C=O) groups excluding carboxylic acids is 1. The van der Waals surface area contributed by atoms with Crippen LogP contribution in [0.25, 0.3) is 11.1 Å². The van der Waals surface area contributed by atoms with E-state index in [4.69, 9.17) is 9.47 Å². The van der Waals surface area contributed by atoms with Gasteiger partial charge in [0.2, 0.25) is 0 Å². The lowest BCUT2D eigenvalue weighted by atomic mass is 9.86. The van der Waals surface area contributed by atoms with Gasteiger partial charge in [0.25, 0.3) is 5.91 Å². The molecule has 8 heteroatoms. The first-order valence-electron chi connectivity index (χ1n) is 9.06. The van der Waals surface area contributed by atoms with E-state index >= 15 is 0 Å². The summed E-state index contributed by atoms with van der Waals surface area (Å²) < 4.78 is 49.7. The molecule has 3 heterocycles. The van der Waals surface area contributed by atoms with Crippen LogP contribution in [0.2, 0.25) is 0 Å². The largest absolute Gasteiger partial charge is 0.416 e. The SMILES string of the molecule is O=C(Nc1ccc(-c2cccc(C(F)(F)F)c2)cn1)C1OCC2COCCC21. The number of nitrogens with zero attached hydrogens (tertiary/aromatic N) is 1. The van der Waals surface area contributed by atoms with Gasteiger partial charge in [0.1, 0.15) is 11.9 Å². The maximum Gasteiger partial charge on any atom is 0.416 e. The molecule has 1 amide bonds. The molecule has 3 unspecified atom stereocenters. The van der Waals surface area contributed by atoms with Gasteiger partial charge in [-0.1, -0.05) is 12.1 Å². The highest BCUT2D eigenvalue weighted by Crippen LogP contribution is 2.34. The number of fused-ring (bicyclic) bond motifs is 1. The lowest BCUT2D eigenvalue weighted by molar-refractivity contribution is -0.137. The number of amides is 1. The average molecular weight is 392 g/mol. The van der Waals surface area contributed by atoms with Crippen molar-refractivity contribution in [3.63, 3.8) is 0 Å². The van der Waals surface area contributed by atoms with Crippen LogP contribution in [0.4, 0.5) is 19.0 Å². The second kappa shape index (κ2) is 7.52. The molecule has 2 fully saturated rings. The van der Waals surface area contributed by atoms with E-state index in [9.17, 15) is 18.0 Å². The zero-order valence-electron chi connectivity index (χ0n) is 14.9. The van der Waals surface area contributed by atoms with Crippen LogP contribution in [-0.2, 0) is 20.4 Å². The molecule has 2 aliphatic heterocycles. The zero-order chi connectivity index (χ0) is 19.7. The van der Waals surface area contributed by atoms with Crippen LogP contribution in [0, 0.1) is 11.8 Å². The summed E-state index contributed by atoms with van der Waals surface area (Å²) in [5, 5.41) is 2.74. The van der Waals surface area contributed by atoms with Crippen molar-refractivity contribution in [2.24, 2.45) is 11.8 Å². The Labute approximate surface area is 159 Å². The summed E-state index contributed by atoms with van der Waals surface area (Å²) in [4.78, 5) is 16.7. The summed E-state index contributed by atoms with van der Waals surface area (Å²) in [6.07, 6.45) is -2.71. The van der Waals surface area contributed by atoms with Gasteiger partial charge < -0.3 is 14.8 Å². The topological polar surface area (TPSA) is 60.5 Å². The number of anilines is 1. The van der Waals surface area contributed by atoms with Crippen molar-refractivity contribution in [1.82, 2.24) is 4.98 Å². The van der Waals surface area contributed by atoms with Crippen molar-refractivity contribution in [3.05, 3.63) is 48.2 Å². The number of alkyl halides is 3. The summed E-state index contributed by atoms with van der Waals surface area (Å²) in [6, 6.07) is 8.25. The monoisotopic (exact) mass is 392 g/mol. The molecule has 2 aliphatic rings. The minimum absolute atomic E-state index is 0.137. The van der Waals surface area contributed by atoms with Crippen LogP contribution in [0.5, 0.6) is 0 Å². The Morgan fingerprint density at radius 2 is 2.00 bits per heavy atom. The summed E-state index contributed by atoms with van der Waals surface area (Å²) in [7, 11) is 0. The zero-order valence-corrected chi connectivity index (χ0v) is 14.9. The van der Waals surface area contributed by atoms with E-state index < -0.39 is 17.8 Å². The summed E-state index contributed by atoms with van der Waals surface area (Å²) in [6.45, 7) is 1.74. The number of rotatable bonds is 3. The lowest BCUT2D eigenvalue weighted by Crippen LogP contribution is -2.37. The van der Waals surface area contributed by atoms with Gasteiger partial charge in [0.15, 0.2) is 0 Å². The molecule has 2 saturated heterocycles. The van der Waals surface area contributed by atoms with E-state index in [-0.39, 0.29) is 17.7 Å². The predicted molar refractivity (Wildman–Crippen MR) is 95.5 cm³/mol. The highest BCUT2D eigenvalue weighted by Gasteiger charge is 2.43. The first kappa shape index (κ1) is 18.9. The van der Waals surface area contributed by atoms with Gasteiger partial charge in [-0.25, -0.2) is 4.98 Å². The summed E-state index contributed by atoms with van der Waals surface area (Å²) in [5.74, 6) is 0.451. The average Bonchev–Trinajstić information content (AvgIpc) is 3.12. The predicted octanol–water partition coefficient (Wildman–Crippen LogP) is 3.76. The number of carbonyl (C=O) groups is 1. The number of aromatic nitrogens is 1. The first-order chi connectivity index (χ1) is 13.4. The van der Waals surface area contributed by atoms with Crippen LogP contribution >= 0.6 is 0 Å². The molecule has 0 spiro atoms. The Morgan fingerprint density at radius 1 is 1.14 bits per heavy atom. The number of benzene rings is 1. The minimum Gasteiger partial charge on any atom is -0.381 e. The number of hydrogen-bond acceptors (Lipinski definition) is 4. The minimum atomic E-state index is -4.40. The van der Waals surface area contributed by atoms with Gasteiger partial charge in [-0.05, 0) is 36.2 Å². The molecule has 3 atom stereocenters. The van der Waals surface area contributed by atoms with Gasteiger partial charge in [0.05, 0.1) is 18.8 Å². The van der Waals surface area contributed by atoms with E-state index in [0.717, 1.165) is 18.6 Å². The number of nitrogens with one attached hydrogen (secondary N) is 1. The van der Waals surface area contributed by atoms with Crippen molar-refractivity contribution in [3.8, 4) is 11.1 Å². The van der Waals surface area contributed by atoms with Gasteiger partial charge in [0, 0.05) is 30.2 Å². The van der Waals surface area contributed by atoms with E-state index in [2.05, 4.69) is 10.3 Å². The molecular weight excluding hydrogens is 373 g/mol. The summed E-state index contributed by atoms with van der Waals surface area (Å²) >= 11 is 0. The molecule has 0 saturated carbocycles. The molecule has 5 nitrogen and oxygen atoms in total. The molecule has 4 rings (SSSR count). The van der Waals surface area contributed by atoms with Crippen molar-refractivity contribution in [2.75, 3.05) is 25.1 Å². The normalized spacial score (nSPS) is 24.6. The Balaban J connectivity index is 1.44.